The maximum absolute atomic E-state index is 13.3. The van der Waals surface area contributed by atoms with Crippen LogP contribution in [0.4, 0.5) is 17.2 Å². The quantitative estimate of drug-likeness (QED) is 0.414. The minimum Gasteiger partial charge on any atom is -0.347 e. The molecule has 2 amide bonds. The summed E-state index contributed by atoms with van der Waals surface area (Å²) in [5.74, 6) is -0.193. The maximum atomic E-state index is 13.3. The highest BCUT2D eigenvalue weighted by atomic mass is 16.2. The highest BCUT2D eigenvalue weighted by Crippen LogP contribution is 2.39. The van der Waals surface area contributed by atoms with Gasteiger partial charge in [-0.3, -0.25) is 14.3 Å². The number of aromatic nitrogens is 6. The van der Waals surface area contributed by atoms with E-state index in [9.17, 15) is 9.59 Å². The molecule has 0 aromatic carbocycles. The van der Waals surface area contributed by atoms with Crippen molar-refractivity contribution < 1.29 is 9.59 Å². The van der Waals surface area contributed by atoms with Crippen LogP contribution in [-0.4, -0.2) is 60.7 Å². The molecule has 12 nitrogen and oxygen atoms in total. The van der Waals surface area contributed by atoms with Crippen LogP contribution in [0.25, 0.3) is 0 Å². The summed E-state index contributed by atoms with van der Waals surface area (Å²) in [7, 11) is 1.66. The largest absolute Gasteiger partial charge is 0.347 e. The Kier molecular flexibility index (Phi) is 5.65. The predicted octanol–water partition coefficient (Wildman–Crippen LogP) is 0.965. The Bertz CT molecular complexity index is 1170. The van der Waals surface area contributed by atoms with E-state index in [0.29, 0.717) is 23.8 Å². The first kappa shape index (κ1) is 20.9. The van der Waals surface area contributed by atoms with Crippen LogP contribution in [-0.2, 0) is 7.05 Å². The van der Waals surface area contributed by atoms with Crippen molar-refractivity contribution in [2.75, 3.05) is 23.7 Å². The summed E-state index contributed by atoms with van der Waals surface area (Å²) in [6.07, 6.45) is 10.6. The van der Waals surface area contributed by atoms with Crippen molar-refractivity contribution in [1.82, 2.24) is 40.3 Å². The lowest BCUT2D eigenvalue weighted by atomic mass is 10.2. The van der Waals surface area contributed by atoms with Crippen LogP contribution in [0.3, 0.4) is 0 Å². The number of carbonyl (C=O) groups excluding carboxylic acids is 2. The minimum atomic E-state index is -0.492. The second kappa shape index (κ2) is 8.90. The van der Waals surface area contributed by atoms with Crippen molar-refractivity contribution in [2.24, 2.45) is 7.05 Å². The van der Waals surface area contributed by atoms with Gasteiger partial charge in [-0.2, -0.15) is 5.10 Å². The number of anilines is 3. The molecule has 1 saturated heterocycles. The summed E-state index contributed by atoms with van der Waals surface area (Å²) in [5, 5.41) is 16.2. The van der Waals surface area contributed by atoms with Crippen molar-refractivity contribution in [3.05, 3.63) is 48.2 Å². The highest BCUT2D eigenvalue weighted by molar-refractivity contribution is 6.09. The first-order chi connectivity index (χ1) is 16.1. The second-order valence-electron chi connectivity index (χ2n) is 8.17. The van der Waals surface area contributed by atoms with Crippen molar-refractivity contribution in [1.29, 1.82) is 0 Å². The molecule has 170 valence electrons. The third-order valence-corrected chi connectivity index (χ3v) is 5.62. The molecule has 5 rings (SSSR count). The average Bonchev–Trinajstić information content (AvgIpc) is 3.43. The molecule has 12 heteroatoms. The first-order valence-electron chi connectivity index (χ1n) is 10.8. The van der Waals surface area contributed by atoms with E-state index < -0.39 is 5.91 Å². The third kappa shape index (κ3) is 4.65. The Labute approximate surface area is 189 Å². The van der Waals surface area contributed by atoms with Gasteiger partial charge in [0.05, 0.1) is 41.9 Å². The second-order valence-corrected chi connectivity index (χ2v) is 8.17. The van der Waals surface area contributed by atoms with Crippen molar-refractivity contribution in [3.8, 4) is 0 Å². The monoisotopic (exact) mass is 448 g/mol. The van der Waals surface area contributed by atoms with Crippen LogP contribution >= 0.6 is 0 Å². The lowest BCUT2D eigenvalue weighted by Gasteiger charge is -2.14. The van der Waals surface area contributed by atoms with Crippen molar-refractivity contribution >= 4 is 29.0 Å². The number of hydrogen-bond donors (Lipinski definition) is 4. The zero-order valence-electron chi connectivity index (χ0n) is 18.1. The van der Waals surface area contributed by atoms with Gasteiger partial charge in [-0.25, -0.2) is 19.9 Å². The van der Waals surface area contributed by atoms with E-state index in [2.05, 4.69) is 46.3 Å². The normalized spacial score (nSPS) is 17.5. The van der Waals surface area contributed by atoms with Gasteiger partial charge in [-0.1, -0.05) is 0 Å². The highest BCUT2D eigenvalue weighted by Gasteiger charge is 2.29. The molecule has 4 heterocycles. The van der Waals surface area contributed by atoms with E-state index in [1.54, 1.807) is 25.6 Å². The molecular formula is C21H24N10O2. The van der Waals surface area contributed by atoms with Gasteiger partial charge in [0.2, 0.25) is 0 Å². The third-order valence-electron chi connectivity index (χ3n) is 5.62. The molecule has 0 spiro atoms. The molecule has 2 aliphatic rings. The standard InChI is InChI=1S/C21H24N10O2/c1-31-18(21(33)28-13-4-5-22-6-13)16(10-26-31)30-20(32)17-19(27-14-7-23-11-24-8-14)25-9-15(29-17)12-2-3-12/h7-13,22H,2-6H2,1H3,(H,25,27)(H,28,33)(H,30,32). The smallest absolute Gasteiger partial charge is 0.278 e. The number of hydrogen-bond acceptors (Lipinski definition) is 9. The number of aryl methyl sites for hydroxylation is 1. The van der Waals surface area contributed by atoms with Crippen LogP contribution < -0.4 is 21.3 Å². The summed E-state index contributed by atoms with van der Waals surface area (Å²) in [4.78, 5) is 43.1. The summed E-state index contributed by atoms with van der Waals surface area (Å²) >= 11 is 0. The first-order valence-corrected chi connectivity index (χ1v) is 10.8. The molecule has 1 saturated carbocycles. The summed E-state index contributed by atoms with van der Waals surface area (Å²) in [6, 6.07) is 0.0425. The SMILES string of the molecule is Cn1ncc(NC(=O)c2nc(C3CC3)cnc2Nc2cncnc2)c1C(=O)NC1CCNC1. The Balaban J connectivity index is 1.40. The predicted molar refractivity (Wildman–Crippen MR) is 119 cm³/mol. The van der Waals surface area contributed by atoms with Gasteiger partial charge in [0.25, 0.3) is 11.8 Å². The molecule has 4 N–H and O–H groups in total. The molecule has 1 atom stereocenters. The zero-order valence-corrected chi connectivity index (χ0v) is 18.1. The fraction of sp³-hybridized carbons (Fsp3) is 0.381. The Morgan fingerprint density at radius 3 is 2.64 bits per heavy atom. The molecule has 3 aromatic rings. The lowest BCUT2D eigenvalue weighted by Crippen LogP contribution is -2.37. The summed E-state index contributed by atoms with van der Waals surface area (Å²) in [6.45, 7) is 1.57. The lowest BCUT2D eigenvalue weighted by molar-refractivity contribution is 0.0931. The van der Waals surface area contributed by atoms with Gasteiger partial charge in [0.1, 0.15) is 12.0 Å². The van der Waals surface area contributed by atoms with Gasteiger partial charge in [0.15, 0.2) is 11.5 Å². The van der Waals surface area contributed by atoms with Crippen LogP contribution in [0.5, 0.6) is 0 Å². The Morgan fingerprint density at radius 2 is 1.91 bits per heavy atom. The Hall–Kier alpha value is -3.93. The zero-order chi connectivity index (χ0) is 22.8. The number of rotatable bonds is 7. The molecule has 33 heavy (non-hydrogen) atoms. The Morgan fingerprint density at radius 1 is 1.09 bits per heavy atom. The molecule has 1 aliphatic heterocycles. The number of nitrogens with one attached hydrogen (secondary N) is 4. The van der Waals surface area contributed by atoms with Crippen LogP contribution in [0, 0.1) is 0 Å². The topological polar surface area (TPSA) is 152 Å². The van der Waals surface area contributed by atoms with Gasteiger partial charge in [0, 0.05) is 25.6 Å². The van der Waals surface area contributed by atoms with E-state index in [-0.39, 0.29) is 29.2 Å². The van der Waals surface area contributed by atoms with Crippen molar-refractivity contribution in [2.45, 2.75) is 31.2 Å². The fourth-order valence-electron chi connectivity index (χ4n) is 3.74. The molecule has 2 fully saturated rings. The summed E-state index contributed by atoms with van der Waals surface area (Å²) in [5.41, 5.74) is 2.05. The van der Waals surface area contributed by atoms with E-state index in [1.807, 2.05) is 0 Å². The molecule has 1 unspecified atom stereocenters. The maximum Gasteiger partial charge on any atom is 0.278 e. The summed E-state index contributed by atoms with van der Waals surface area (Å²) < 4.78 is 1.44. The van der Waals surface area contributed by atoms with Crippen LogP contribution in [0.15, 0.2) is 31.1 Å². The van der Waals surface area contributed by atoms with Gasteiger partial charge in [-0.05, 0) is 25.8 Å². The van der Waals surface area contributed by atoms with Gasteiger partial charge < -0.3 is 21.3 Å². The van der Waals surface area contributed by atoms with E-state index in [4.69, 9.17) is 0 Å². The molecular weight excluding hydrogens is 424 g/mol. The van der Waals surface area contributed by atoms with Crippen molar-refractivity contribution in [3.63, 3.8) is 0 Å². The number of carbonyl (C=O) groups is 2. The molecule has 1 aliphatic carbocycles. The average molecular weight is 448 g/mol. The van der Waals surface area contributed by atoms with E-state index in [0.717, 1.165) is 31.5 Å². The minimum absolute atomic E-state index is 0.0425. The van der Waals surface area contributed by atoms with Crippen LogP contribution in [0.2, 0.25) is 0 Å². The molecule has 3 aromatic heterocycles. The molecule has 0 bridgehead atoms. The number of nitrogens with zero attached hydrogens (tertiary/aromatic N) is 6. The fourth-order valence-corrected chi connectivity index (χ4v) is 3.74. The number of amides is 2. The van der Waals surface area contributed by atoms with Gasteiger partial charge >= 0.3 is 0 Å². The van der Waals surface area contributed by atoms with Crippen LogP contribution in [0.1, 0.15) is 51.9 Å². The molecule has 0 radical (unpaired) electrons. The van der Waals surface area contributed by atoms with Gasteiger partial charge in [-0.15, -0.1) is 0 Å². The van der Waals surface area contributed by atoms with E-state index in [1.165, 1.54) is 17.2 Å². The van der Waals surface area contributed by atoms with E-state index >= 15 is 0 Å².